The van der Waals surface area contributed by atoms with E-state index in [4.69, 9.17) is 5.73 Å². The molecule has 1 saturated carbocycles. The van der Waals surface area contributed by atoms with Crippen LogP contribution < -0.4 is 16.6 Å². The fourth-order valence-electron chi connectivity index (χ4n) is 2.80. The van der Waals surface area contributed by atoms with Gasteiger partial charge in [0.1, 0.15) is 0 Å². The number of hydrogen-bond donors (Lipinski definition) is 3. The summed E-state index contributed by atoms with van der Waals surface area (Å²) < 4.78 is 0.750. The smallest absolute Gasteiger partial charge is 0.252 e. The van der Waals surface area contributed by atoms with E-state index < -0.39 is 5.54 Å². The first-order chi connectivity index (χ1) is 10.4. The second-order valence-electron chi connectivity index (χ2n) is 6.06. The average Bonchev–Trinajstić information content (AvgIpc) is 3.32. The second-order valence-corrected chi connectivity index (χ2v) is 6.91. The Balaban J connectivity index is 2.04. The summed E-state index contributed by atoms with van der Waals surface area (Å²) in [7, 11) is 0. The zero-order valence-electron chi connectivity index (χ0n) is 12.3. The van der Waals surface area contributed by atoms with Gasteiger partial charge in [-0.3, -0.25) is 9.59 Å². The number of amides is 1. The zero-order valence-corrected chi connectivity index (χ0v) is 13.9. The van der Waals surface area contributed by atoms with Gasteiger partial charge in [0.05, 0.1) is 16.6 Å². The SMILES string of the molecule is CC(CN)(NC(=O)c1cc(=O)[nH]c2c(Br)cccc12)C1CC1. The number of carbonyl (C=O) groups excluding carboxylic acids is 1. The Morgan fingerprint density at radius 2 is 2.23 bits per heavy atom. The minimum absolute atomic E-state index is 0.256. The Hall–Kier alpha value is -1.66. The van der Waals surface area contributed by atoms with Gasteiger partial charge in [-0.05, 0) is 47.7 Å². The largest absolute Gasteiger partial charge is 0.345 e. The molecule has 0 saturated heterocycles. The number of fused-ring (bicyclic) bond motifs is 1. The third-order valence-corrected chi connectivity index (χ3v) is 5.03. The van der Waals surface area contributed by atoms with Gasteiger partial charge in [-0.1, -0.05) is 12.1 Å². The Morgan fingerprint density at radius 1 is 1.50 bits per heavy atom. The summed E-state index contributed by atoms with van der Waals surface area (Å²) in [5.41, 5.74) is 6.13. The summed E-state index contributed by atoms with van der Waals surface area (Å²) in [6, 6.07) is 6.83. The molecule has 0 bridgehead atoms. The molecule has 4 N–H and O–H groups in total. The van der Waals surface area contributed by atoms with E-state index in [-0.39, 0.29) is 11.5 Å². The minimum Gasteiger partial charge on any atom is -0.345 e. The maximum Gasteiger partial charge on any atom is 0.252 e. The first kappa shape index (κ1) is 15.2. The van der Waals surface area contributed by atoms with Crippen LogP contribution in [0.3, 0.4) is 0 Å². The molecule has 1 atom stereocenters. The fraction of sp³-hybridized carbons (Fsp3) is 0.375. The van der Waals surface area contributed by atoms with Gasteiger partial charge in [0.15, 0.2) is 0 Å². The normalized spacial score (nSPS) is 17.2. The molecule has 1 amide bonds. The van der Waals surface area contributed by atoms with E-state index in [9.17, 15) is 9.59 Å². The lowest BCUT2D eigenvalue weighted by Crippen LogP contribution is -2.53. The average molecular weight is 364 g/mol. The molecule has 3 rings (SSSR count). The summed E-state index contributed by atoms with van der Waals surface area (Å²) in [5.74, 6) is 0.162. The number of hydrogen-bond acceptors (Lipinski definition) is 3. The van der Waals surface area contributed by atoms with E-state index in [2.05, 4.69) is 26.2 Å². The van der Waals surface area contributed by atoms with Gasteiger partial charge in [-0.15, -0.1) is 0 Å². The Labute approximate surface area is 136 Å². The predicted octanol–water partition coefficient (Wildman–Crippen LogP) is 2.15. The van der Waals surface area contributed by atoms with Crippen LogP contribution in [0, 0.1) is 5.92 Å². The van der Waals surface area contributed by atoms with Crippen LogP contribution in [0.25, 0.3) is 10.9 Å². The predicted molar refractivity (Wildman–Crippen MR) is 89.9 cm³/mol. The Kier molecular flexibility index (Phi) is 3.82. The van der Waals surface area contributed by atoms with Crippen LogP contribution in [0.2, 0.25) is 0 Å². The van der Waals surface area contributed by atoms with Gasteiger partial charge in [-0.2, -0.15) is 0 Å². The van der Waals surface area contributed by atoms with E-state index >= 15 is 0 Å². The molecule has 5 nitrogen and oxygen atoms in total. The van der Waals surface area contributed by atoms with Crippen molar-refractivity contribution in [2.45, 2.75) is 25.3 Å². The molecule has 1 unspecified atom stereocenters. The molecule has 1 fully saturated rings. The van der Waals surface area contributed by atoms with Crippen LogP contribution in [-0.4, -0.2) is 23.0 Å². The number of nitrogens with two attached hydrogens (primary N) is 1. The molecule has 0 aliphatic heterocycles. The summed E-state index contributed by atoms with van der Waals surface area (Å²) in [4.78, 5) is 27.3. The third kappa shape index (κ3) is 2.68. The standard InChI is InChI=1S/C16H18BrN3O2/c1-16(8-18,9-5-6-9)20-15(22)11-7-13(21)19-14-10(11)3-2-4-12(14)17/h2-4,7,9H,5-6,8,18H2,1H3,(H,19,21)(H,20,22). The molecule has 1 aliphatic carbocycles. The first-order valence-corrected chi connectivity index (χ1v) is 8.08. The van der Waals surface area contributed by atoms with Crippen LogP contribution in [0.4, 0.5) is 0 Å². The monoisotopic (exact) mass is 363 g/mol. The summed E-state index contributed by atoms with van der Waals surface area (Å²) >= 11 is 3.40. The van der Waals surface area contributed by atoms with Crippen molar-refractivity contribution in [3.8, 4) is 0 Å². The molecule has 1 aliphatic rings. The van der Waals surface area contributed by atoms with Crippen molar-refractivity contribution in [1.29, 1.82) is 0 Å². The maximum atomic E-state index is 12.7. The van der Waals surface area contributed by atoms with Gasteiger partial charge in [0, 0.05) is 22.5 Å². The lowest BCUT2D eigenvalue weighted by molar-refractivity contribution is 0.0899. The van der Waals surface area contributed by atoms with Gasteiger partial charge < -0.3 is 16.0 Å². The number of aromatic amines is 1. The fourth-order valence-corrected chi connectivity index (χ4v) is 3.26. The molecule has 1 heterocycles. The highest BCUT2D eigenvalue weighted by atomic mass is 79.9. The molecule has 2 aromatic rings. The van der Waals surface area contributed by atoms with Gasteiger partial charge >= 0.3 is 0 Å². The third-order valence-electron chi connectivity index (χ3n) is 4.37. The number of pyridine rings is 1. The number of para-hydroxylation sites is 1. The van der Waals surface area contributed by atoms with Crippen molar-refractivity contribution < 1.29 is 4.79 Å². The number of rotatable bonds is 4. The number of nitrogens with one attached hydrogen (secondary N) is 2. The molecule has 0 spiro atoms. The van der Waals surface area contributed by atoms with Crippen LogP contribution in [0.1, 0.15) is 30.1 Å². The first-order valence-electron chi connectivity index (χ1n) is 7.29. The van der Waals surface area contributed by atoms with E-state index in [1.54, 1.807) is 0 Å². The van der Waals surface area contributed by atoms with Crippen molar-refractivity contribution in [2.24, 2.45) is 11.7 Å². The Morgan fingerprint density at radius 3 is 2.86 bits per heavy atom. The number of aromatic nitrogens is 1. The van der Waals surface area contributed by atoms with E-state index in [0.717, 1.165) is 17.3 Å². The molecule has 6 heteroatoms. The van der Waals surface area contributed by atoms with Gasteiger partial charge in [-0.25, -0.2) is 0 Å². The lowest BCUT2D eigenvalue weighted by Gasteiger charge is -2.29. The zero-order chi connectivity index (χ0) is 15.9. The highest BCUT2D eigenvalue weighted by Gasteiger charge is 2.41. The van der Waals surface area contributed by atoms with E-state index in [0.29, 0.717) is 28.9 Å². The molecular weight excluding hydrogens is 346 g/mol. The quantitative estimate of drug-likeness (QED) is 0.777. The van der Waals surface area contributed by atoms with Crippen LogP contribution >= 0.6 is 15.9 Å². The molecule has 22 heavy (non-hydrogen) atoms. The second kappa shape index (κ2) is 5.52. The molecular formula is C16H18BrN3O2. The summed E-state index contributed by atoms with van der Waals surface area (Å²) in [5, 5.41) is 3.74. The van der Waals surface area contributed by atoms with Crippen molar-refractivity contribution in [3.63, 3.8) is 0 Å². The van der Waals surface area contributed by atoms with Crippen molar-refractivity contribution >= 4 is 32.7 Å². The highest BCUT2D eigenvalue weighted by Crippen LogP contribution is 2.39. The van der Waals surface area contributed by atoms with Crippen LogP contribution in [0.5, 0.6) is 0 Å². The highest BCUT2D eigenvalue weighted by molar-refractivity contribution is 9.10. The number of carbonyl (C=O) groups is 1. The van der Waals surface area contributed by atoms with Crippen molar-refractivity contribution in [3.05, 3.63) is 44.7 Å². The number of benzene rings is 1. The minimum atomic E-state index is -0.419. The topological polar surface area (TPSA) is 88.0 Å². The molecule has 1 aromatic heterocycles. The van der Waals surface area contributed by atoms with E-state index in [1.165, 1.54) is 6.07 Å². The van der Waals surface area contributed by atoms with Crippen molar-refractivity contribution in [1.82, 2.24) is 10.3 Å². The van der Waals surface area contributed by atoms with Crippen LogP contribution in [-0.2, 0) is 0 Å². The summed E-state index contributed by atoms with van der Waals surface area (Å²) in [6.45, 7) is 2.35. The number of halogens is 1. The van der Waals surface area contributed by atoms with Crippen molar-refractivity contribution in [2.75, 3.05) is 6.54 Å². The van der Waals surface area contributed by atoms with Gasteiger partial charge in [0.2, 0.25) is 5.56 Å². The summed E-state index contributed by atoms with van der Waals surface area (Å²) in [6.07, 6.45) is 2.16. The van der Waals surface area contributed by atoms with Crippen LogP contribution in [0.15, 0.2) is 33.5 Å². The van der Waals surface area contributed by atoms with E-state index in [1.807, 2.05) is 25.1 Å². The molecule has 116 valence electrons. The Bertz CT molecular complexity index is 798. The van der Waals surface area contributed by atoms with Gasteiger partial charge in [0.25, 0.3) is 5.91 Å². The maximum absolute atomic E-state index is 12.7. The molecule has 1 aromatic carbocycles. The lowest BCUT2D eigenvalue weighted by atomic mass is 9.95. The number of H-pyrrole nitrogens is 1. The molecule has 0 radical (unpaired) electrons.